The van der Waals surface area contributed by atoms with Gasteiger partial charge in [0.25, 0.3) is 0 Å². The second-order valence-electron chi connectivity index (χ2n) is 6.86. The molecule has 2 unspecified atom stereocenters. The number of nitrogens with one attached hydrogen (secondary N) is 1. The molecule has 4 nitrogen and oxygen atoms in total. The van der Waals surface area contributed by atoms with Crippen LogP contribution in [0.3, 0.4) is 0 Å². The van der Waals surface area contributed by atoms with Gasteiger partial charge in [-0.05, 0) is 29.4 Å². The third-order valence-corrected chi connectivity index (χ3v) is 4.06. The van der Waals surface area contributed by atoms with Gasteiger partial charge in [-0.2, -0.15) is 0 Å². The van der Waals surface area contributed by atoms with Crippen molar-refractivity contribution in [2.75, 3.05) is 0 Å². The Balaban J connectivity index is 0.00000127. The van der Waals surface area contributed by atoms with E-state index in [4.69, 9.17) is 0 Å². The fourth-order valence-corrected chi connectivity index (χ4v) is 2.68. The number of hydrogen-bond donors (Lipinski definition) is 1. The zero-order valence-electron chi connectivity index (χ0n) is 15.2. The van der Waals surface area contributed by atoms with E-state index in [9.17, 15) is 9.59 Å². The molecule has 0 aromatic carbocycles. The van der Waals surface area contributed by atoms with E-state index in [1.54, 1.807) is 6.20 Å². The maximum atomic E-state index is 12.4. The highest BCUT2D eigenvalue weighted by atomic mass is 16.2. The van der Waals surface area contributed by atoms with Crippen LogP contribution >= 0.6 is 0 Å². The molecule has 1 heterocycles. The molecule has 0 spiro atoms. The van der Waals surface area contributed by atoms with E-state index in [0.717, 1.165) is 12.0 Å². The van der Waals surface area contributed by atoms with Gasteiger partial charge in [-0.3, -0.25) is 14.6 Å². The van der Waals surface area contributed by atoms with Gasteiger partial charge in [-0.1, -0.05) is 47.6 Å². The number of hydrogen-bond acceptors (Lipinski definition) is 3. The van der Waals surface area contributed by atoms with Gasteiger partial charge in [0.05, 0.1) is 6.04 Å². The highest BCUT2D eigenvalue weighted by Crippen LogP contribution is 2.47. The molecule has 3 atom stereocenters. The predicted octanol–water partition coefficient (Wildman–Crippen LogP) is 3.72. The largest absolute Gasteiger partial charge is 0.346 e. The SMILES string of the molecule is CC.CCC(=O)C(NC(=O)C1C[C@H]1c1cccnc1)C(C)(C)C. The highest BCUT2D eigenvalue weighted by molar-refractivity contribution is 5.91. The van der Waals surface area contributed by atoms with Crippen molar-refractivity contribution in [1.82, 2.24) is 10.3 Å². The van der Waals surface area contributed by atoms with Crippen LogP contribution in [0.2, 0.25) is 0 Å². The molecule has 128 valence electrons. The molecule has 0 bridgehead atoms. The van der Waals surface area contributed by atoms with E-state index in [2.05, 4.69) is 10.3 Å². The summed E-state index contributed by atoms with van der Waals surface area (Å²) in [6, 6.07) is 3.48. The molecule has 1 aliphatic carbocycles. The number of Topliss-reactive ketones (excluding diaryl/α,β-unsaturated/α-hetero) is 1. The zero-order valence-corrected chi connectivity index (χ0v) is 15.2. The Morgan fingerprint density at radius 1 is 1.35 bits per heavy atom. The number of aromatic nitrogens is 1. The first-order chi connectivity index (χ1) is 10.8. The summed E-state index contributed by atoms with van der Waals surface area (Å²) in [6.07, 6.45) is 4.83. The van der Waals surface area contributed by atoms with Crippen molar-refractivity contribution in [1.29, 1.82) is 0 Å². The number of nitrogens with zero attached hydrogens (tertiary/aromatic N) is 1. The first-order valence-electron chi connectivity index (χ1n) is 8.57. The average Bonchev–Trinajstić information content (AvgIpc) is 3.34. The van der Waals surface area contributed by atoms with Crippen LogP contribution in [0, 0.1) is 11.3 Å². The Morgan fingerprint density at radius 3 is 2.48 bits per heavy atom. The lowest BCUT2D eigenvalue weighted by Gasteiger charge is -2.30. The summed E-state index contributed by atoms with van der Waals surface area (Å²) in [5.74, 6) is 0.305. The number of carbonyl (C=O) groups is 2. The summed E-state index contributed by atoms with van der Waals surface area (Å²) in [4.78, 5) is 28.5. The Labute approximate surface area is 140 Å². The Morgan fingerprint density at radius 2 is 2.00 bits per heavy atom. The molecule has 2 rings (SSSR count). The van der Waals surface area contributed by atoms with Crippen molar-refractivity contribution in [3.63, 3.8) is 0 Å². The predicted molar refractivity (Wildman–Crippen MR) is 93.1 cm³/mol. The molecule has 1 N–H and O–H groups in total. The van der Waals surface area contributed by atoms with E-state index in [-0.39, 0.29) is 28.9 Å². The van der Waals surface area contributed by atoms with Gasteiger partial charge in [-0.25, -0.2) is 0 Å². The zero-order chi connectivity index (χ0) is 17.6. The Kier molecular flexibility index (Phi) is 6.92. The number of amides is 1. The number of carbonyl (C=O) groups excluding carboxylic acids is 2. The van der Waals surface area contributed by atoms with Gasteiger partial charge < -0.3 is 5.32 Å². The van der Waals surface area contributed by atoms with E-state index in [0.29, 0.717) is 6.42 Å². The van der Waals surface area contributed by atoms with E-state index in [1.807, 2.05) is 59.9 Å². The summed E-state index contributed by atoms with van der Waals surface area (Å²) >= 11 is 0. The van der Waals surface area contributed by atoms with Crippen LogP contribution in [0.15, 0.2) is 24.5 Å². The van der Waals surface area contributed by atoms with Gasteiger partial charge >= 0.3 is 0 Å². The third kappa shape index (κ3) is 5.15. The minimum Gasteiger partial charge on any atom is -0.346 e. The molecule has 0 saturated heterocycles. The van der Waals surface area contributed by atoms with Crippen LogP contribution in [-0.4, -0.2) is 22.7 Å². The lowest BCUT2D eigenvalue weighted by atomic mass is 9.83. The molecule has 1 saturated carbocycles. The smallest absolute Gasteiger partial charge is 0.224 e. The standard InChI is InChI=1S/C17H24N2O2.C2H6/c1-5-14(20)15(17(2,3)4)19-16(21)13-9-12(13)11-7-6-8-18-10-11;1-2/h6-8,10,12-13,15H,5,9H2,1-4H3,(H,19,21);1-2H3/t12-,13?,15?;/m0./s1. The molecule has 0 aliphatic heterocycles. The first-order valence-corrected chi connectivity index (χ1v) is 8.57. The van der Waals surface area contributed by atoms with Gasteiger partial charge in [-0.15, -0.1) is 0 Å². The topological polar surface area (TPSA) is 59.1 Å². The third-order valence-electron chi connectivity index (χ3n) is 4.06. The van der Waals surface area contributed by atoms with Crippen LogP contribution in [0.1, 0.15) is 65.9 Å². The number of ketones is 1. The van der Waals surface area contributed by atoms with E-state index in [1.165, 1.54) is 0 Å². The summed E-state index contributed by atoms with van der Waals surface area (Å²) in [6.45, 7) is 11.8. The van der Waals surface area contributed by atoms with Gasteiger partial charge in [0, 0.05) is 24.7 Å². The minimum atomic E-state index is -0.412. The van der Waals surface area contributed by atoms with Crippen LogP contribution in [0.25, 0.3) is 0 Å². The molecule has 1 aromatic heterocycles. The molecule has 1 amide bonds. The second kappa shape index (κ2) is 8.23. The molecule has 0 radical (unpaired) electrons. The molecule has 1 aromatic rings. The quantitative estimate of drug-likeness (QED) is 0.900. The van der Waals surface area contributed by atoms with Crippen molar-refractivity contribution in [3.8, 4) is 0 Å². The number of rotatable bonds is 5. The van der Waals surface area contributed by atoms with Crippen LogP contribution in [0.5, 0.6) is 0 Å². The summed E-state index contributed by atoms with van der Waals surface area (Å²) in [5.41, 5.74) is 0.841. The monoisotopic (exact) mass is 318 g/mol. The first kappa shape index (κ1) is 19.3. The van der Waals surface area contributed by atoms with Crippen LogP contribution in [-0.2, 0) is 9.59 Å². The fraction of sp³-hybridized carbons (Fsp3) is 0.632. The lowest BCUT2D eigenvalue weighted by Crippen LogP contribution is -2.49. The summed E-state index contributed by atoms with van der Waals surface area (Å²) < 4.78 is 0. The van der Waals surface area contributed by atoms with Crippen molar-refractivity contribution in [2.24, 2.45) is 11.3 Å². The molecule has 1 aliphatic rings. The van der Waals surface area contributed by atoms with Crippen molar-refractivity contribution in [3.05, 3.63) is 30.1 Å². The maximum absolute atomic E-state index is 12.4. The normalized spacial score (nSPS) is 20.8. The van der Waals surface area contributed by atoms with Gasteiger partial charge in [0.15, 0.2) is 5.78 Å². The fourth-order valence-electron chi connectivity index (χ4n) is 2.68. The van der Waals surface area contributed by atoms with Crippen molar-refractivity contribution in [2.45, 2.75) is 66.3 Å². The second-order valence-corrected chi connectivity index (χ2v) is 6.86. The molecule has 4 heteroatoms. The molecular weight excluding hydrogens is 288 g/mol. The van der Waals surface area contributed by atoms with E-state index >= 15 is 0 Å². The average molecular weight is 318 g/mol. The molecule has 1 fully saturated rings. The van der Waals surface area contributed by atoms with Crippen LogP contribution in [0.4, 0.5) is 0 Å². The maximum Gasteiger partial charge on any atom is 0.224 e. The van der Waals surface area contributed by atoms with Gasteiger partial charge in [0.1, 0.15) is 0 Å². The Bertz CT molecular complexity index is 520. The lowest BCUT2D eigenvalue weighted by molar-refractivity contribution is -0.130. The van der Waals surface area contributed by atoms with Crippen molar-refractivity contribution < 1.29 is 9.59 Å². The minimum absolute atomic E-state index is 0.00872. The highest BCUT2D eigenvalue weighted by Gasteiger charge is 2.45. The summed E-state index contributed by atoms with van der Waals surface area (Å²) in [7, 11) is 0. The molecule has 23 heavy (non-hydrogen) atoms. The molecular formula is C19H30N2O2. The van der Waals surface area contributed by atoms with Crippen molar-refractivity contribution >= 4 is 11.7 Å². The van der Waals surface area contributed by atoms with Gasteiger partial charge in [0.2, 0.25) is 5.91 Å². The number of pyridine rings is 1. The summed E-state index contributed by atoms with van der Waals surface area (Å²) in [5, 5.41) is 2.96. The van der Waals surface area contributed by atoms with Crippen LogP contribution < -0.4 is 5.32 Å². The Hall–Kier alpha value is -1.71. The van der Waals surface area contributed by atoms with E-state index < -0.39 is 6.04 Å².